The summed E-state index contributed by atoms with van der Waals surface area (Å²) in [6.45, 7) is 3.28. The summed E-state index contributed by atoms with van der Waals surface area (Å²) in [6.07, 6.45) is 0.0979. The highest BCUT2D eigenvalue weighted by atomic mass is 16.5. The molecule has 160 valence electrons. The van der Waals surface area contributed by atoms with E-state index in [-0.39, 0.29) is 47.6 Å². The van der Waals surface area contributed by atoms with Gasteiger partial charge in [0.15, 0.2) is 0 Å². The second-order valence-electron chi connectivity index (χ2n) is 6.95. The molecule has 0 aliphatic rings. The van der Waals surface area contributed by atoms with Gasteiger partial charge >= 0.3 is 5.97 Å². The van der Waals surface area contributed by atoms with Crippen molar-refractivity contribution in [2.45, 2.75) is 26.2 Å². The molecule has 0 saturated heterocycles. The van der Waals surface area contributed by atoms with Crippen LogP contribution in [0.3, 0.4) is 0 Å². The van der Waals surface area contributed by atoms with Crippen LogP contribution in [0.1, 0.15) is 56.9 Å². The molecule has 0 unspecified atom stereocenters. The van der Waals surface area contributed by atoms with Gasteiger partial charge in [-0.25, -0.2) is 4.79 Å². The highest BCUT2D eigenvalue weighted by molar-refractivity contribution is 6.10. The monoisotopic (exact) mass is 420 g/mol. The van der Waals surface area contributed by atoms with Gasteiger partial charge in [-0.3, -0.25) is 14.9 Å². The van der Waals surface area contributed by atoms with E-state index in [9.17, 15) is 14.4 Å². The largest absolute Gasteiger partial charge is 0.462 e. The minimum absolute atomic E-state index is 0.0766. The number of hydrogen-bond acceptors (Lipinski definition) is 5. The Morgan fingerprint density at radius 3 is 2.00 bits per heavy atom. The average Bonchev–Trinajstić information content (AvgIpc) is 3.09. The van der Waals surface area contributed by atoms with Crippen molar-refractivity contribution in [3.05, 3.63) is 88.7 Å². The number of furan rings is 1. The van der Waals surface area contributed by atoms with Crippen LogP contribution in [0.25, 0.3) is 0 Å². The second kappa shape index (κ2) is 9.75. The lowest BCUT2D eigenvalue weighted by atomic mass is 9.88. The topological polar surface area (TPSA) is 112 Å². The second-order valence-corrected chi connectivity index (χ2v) is 6.95. The van der Waals surface area contributed by atoms with Crippen molar-refractivity contribution in [3.8, 4) is 0 Å². The van der Waals surface area contributed by atoms with Crippen LogP contribution in [-0.2, 0) is 9.53 Å². The molecule has 0 atom stereocenters. The molecule has 0 aliphatic carbocycles. The van der Waals surface area contributed by atoms with E-state index >= 15 is 0 Å². The standard InChI is InChI=1S/C24H24N2O5/c1-3-30-24(29)20-15(2)31-23(21(20)22(25)28)26-19(27)14-18(16-10-6-4-7-11-16)17-12-8-5-9-13-17/h4-13,18H,3,14H2,1-2H3,(H2,25,28)(H,26,27). The van der Waals surface area contributed by atoms with Crippen LogP contribution in [0.2, 0.25) is 0 Å². The van der Waals surface area contributed by atoms with Crippen molar-refractivity contribution < 1.29 is 23.5 Å². The van der Waals surface area contributed by atoms with E-state index in [1.54, 1.807) is 6.92 Å². The fraction of sp³-hybridized carbons (Fsp3) is 0.208. The fourth-order valence-electron chi connectivity index (χ4n) is 3.48. The zero-order valence-electron chi connectivity index (χ0n) is 17.4. The molecule has 7 heteroatoms. The molecule has 3 aromatic rings. The molecule has 1 aromatic heterocycles. The molecule has 3 N–H and O–H groups in total. The number of carbonyl (C=O) groups excluding carboxylic acids is 3. The molecule has 0 fully saturated rings. The molecule has 1 heterocycles. The van der Waals surface area contributed by atoms with E-state index in [0.717, 1.165) is 11.1 Å². The number of nitrogens with one attached hydrogen (secondary N) is 1. The van der Waals surface area contributed by atoms with Gasteiger partial charge < -0.3 is 14.9 Å². The summed E-state index contributed by atoms with van der Waals surface area (Å²) in [5.41, 5.74) is 7.14. The van der Waals surface area contributed by atoms with Crippen LogP contribution >= 0.6 is 0 Å². The van der Waals surface area contributed by atoms with Crippen molar-refractivity contribution >= 4 is 23.7 Å². The predicted octanol–water partition coefficient (Wildman–Crippen LogP) is 4.02. The van der Waals surface area contributed by atoms with Gasteiger partial charge in [0.2, 0.25) is 11.8 Å². The Morgan fingerprint density at radius 2 is 1.52 bits per heavy atom. The first-order chi connectivity index (χ1) is 14.9. The molecule has 0 saturated carbocycles. The lowest BCUT2D eigenvalue weighted by Gasteiger charge is -2.17. The summed E-state index contributed by atoms with van der Waals surface area (Å²) in [5, 5.41) is 2.61. The quantitative estimate of drug-likeness (QED) is 0.535. The van der Waals surface area contributed by atoms with Gasteiger partial charge in [-0.2, -0.15) is 0 Å². The molecule has 3 rings (SSSR count). The van der Waals surface area contributed by atoms with Gasteiger partial charge in [0.25, 0.3) is 5.91 Å². The third-order valence-corrected chi connectivity index (χ3v) is 4.86. The van der Waals surface area contributed by atoms with E-state index in [2.05, 4.69) is 5.32 Å². The molecule has 2 aromatic carbocycles. The zero-order valence-corrected chi connectivity index (χ0v) is 17.4. The van der Waals surface area contributed by atoms with Gasteiger partial charge in [0.1, 0.15) is 16.9 Å². The minimum atomic E-state index is -0.891. The number of rotatable bonds is 8. The van der Waals surface area contributed by atoms with Crippen LogP contribution in [0, 0.1) is 6.92 Å². The molecule has 0 bridgehead atoms. The number of nitrogens with two attached hydrogens (primary N) is 1. The maximum Gasteiger partial charge on any atom is 0.342 e. The first-order valence-corrected chi connectivity index (χ1v) is 9.92. The van der Waals surface area contributed by atoms with Crippen LogP contribution in [0.4, 0.5) is 5.88 Å². The number of benzene rings is 2. The van der Waals surface area contributed by atoms with Crippen molar-refractivity contribution in [1.82, 2.24) is 0 Å². The fourth-order valence-corrected chi connectivity index (χ4v) is 3.48. The molecule has 0 radical (unpaired) electrons. The van der Waals surface area contributed by atoms with Crippen molar-refractivity contribution in [1.29, 1.82) is 0 Å². The molecule has 0 spiro atoms. The highest BCUT2D eigenvalue weighted by Gasteiger charge is 2.29. The van der Waals surface area contributed by atoms with Gasteiger partial charge in [0, 0.05) is 12.3 Å². The lowest BCUT2D eigenvalue weighted by Crippen LogP contribution is -2.21. The Kier molecular flexibility index (Phi) is 6.87. The smallest absolute Gasteiger partial charge is 0.342 e. The van der Waals surface area contributed by atoms with E-state index in [4.69, 9.17) is 14.9 Å². The summed E-state index contributed by atoms with van der Waals surface area (Å²) in [7, 11) is 0. The van der Waals surface area contributed by atoms with Gasteiger partial charge in [-0.15, -0.1) is 0 Å². The summed E-state index contributed by atoms with van der Waals surface area (Å²) in [6, 6.07) is 19.3. The van der Waals surface area contributed by atoms with Gasteiger partial charge in [-0.05, 0) is 25.0 Å². The number of hydrogen-bond donors (Lipinski definition) is 2. The molecule has 0 aliphatic heterocycles. The number of amides is 2. The average molecular weight is 420 g/mol. The van der Waals surface area contributed by atoms with Gasteiger partial charge in [-0.1, -0.05) is 60.7 Å². The Balaban J connectivity index is 1.89. The van der Waals surface area contributed by atoms with E-state index in [0.29, 0.717) is 0 Å². The number of aryl methyl sites for hydroxylation is 1. The van der Waals surface area contributed by atoms with Crippen molar-refractivity contribution in [3.63, 3.8) is 0 Å². The molecule has 31 heavy (non-hydrogen) atoms. The summed E-state index contributed by atoms with van der Waals surface area (Å²) in [5.74, 6) is -2.23. The number of ether oxygens (including phenoxy) is 1. The molecule has 2 amide bonds. The van der Waals surface area contributed by atoms with Crippen LogP contribution in [-0.4, -0.2) is 24.4 Å². The number of carbonyl (C=O) groups is 3. The van der Waals surface area contributed by atoms with Crippen molar-refractivity contribution in [2.24, 2.45) is 5.73 Å². The van der Waals surface area contributed by atoms with E-state index in [1.807, 2.05) is 60.7 Å². The predicted molar refractivity (Wildman–Crippen MR) is 116 cm³/mol. The lowest BCUT2D eigenvalue weighted by molar-refractivity contribution is -0.116. The molecule has 7 nitrogen and oxygen atoms in total. The zero-order chi connectivity index (χ0) is 22.4. The first kappa shape index (κ1) is 21.8. The number of esters is 1. The number of anilines is 1. The minimum Gasteiger partial charge on any atom is -0.462 e. The Morgan fingerprint density at radius 1 is 0.968 bits per heavy atom. The van der Waals surface area contributed by atoms with Crippen LogP contribution in [0.5, 0.6) is 0 Å². The maximum absolute atomic E-state index is 12.9. The van der Waals surface area contributed by atoms with Gasteiger partial charge in [0.05, 0.1) is 6.61 Å². The van der Waals surface area contributed by atoms with Crippen LogP contribution in [0.15, 0.2) is 65.1 Å². The Hall–Kier alpha value is -3.87. The van der Waals surface area contributed by atoms with Crippen LogP contribution < -0.4 is 11.1 Å². The SMILES string of the molecule is CCOC(=O)c1c(C)oc(NC(=O)CC(c2ccccc2)c2ccccc2)c1C(N)=O. The summed E-state index contributed by atoms with van der Waals surface area (Å²) in [4.78, 5) is 37.2. The van der Waals surface area contributed by atoms with E-state index in [1.165, 1.54) is 6.92 Å². The third-order valence-electron chi connectivity index (χ3n) is 4.86. The Bertz CT molecular complexity index is 1030. The first-order valence-electron chi connectivity index (χ1n) is 9.92. The maximum atomic E-state index is 12.9. The normalized spacial score (nSPS) is 10.7. The Labute approximate surface area is 180 Å². The molecular formula is C24H24N2O5. The summed E-state index contributed by atoms with van der Waals surface area (Å²) < 4.78 is 10.5. The van der Waals surface area contributed by atoms with Crippen molar-refractivity contribution in [2.75, 3.05) is 11.9 Å². The third kappa shape index (κ3) is 5.01. The van der Waals surface area contributed by atoms with E-state index < -0.39 is 11.9 Å². The summed E-state index contributed by atoms with van der Waals surface area (Å²) >= 11 is 0. The highest BCUT2D eigenvalue weighted by Crippen LogP contribution is 2.31. The molecular weight excluding hydrogens is 396 g/mol. The number of primary amides is 1.